The van der Waals surface area contributed by atoms with E-state index in [-0.39, 0.29) is 11.9 Å². The molecule has 0 fully saturated rings. The number of fused-ring (bicyclic) bond motifs is 1. The van der Waals surface area contributed by atoms with Crippen molar-refractivity contribution in [2.24, 2.45) is 5.92 Å². The molecule has 2 N–H and O–H groups in total. The summed E-state index contributed by atoms with van der Waals surface area (Å²) in [4.78, 5) is 25.0. The molecule has 0 saturated heterocycles. The van der Waals surface area contributed by atoms with Crippen molar-refractivity contribution in [3.63, 3.8) is 0 Å². The van der Waals surface area contributed by atoms with Gasteiger partial charge in [0.2, 0.25) is 5.91 Å². The number of hydrogen-bond acceptors (Lipinski definition) is 2. The Hall–Kier alpha value is -2.04. The Morgan fingerprint density at radius 3 is 2.75 bits per heavy atom. The Bertz CT molecular complexity index is 526. The maximum absolute atomic E-state index is 11.7. The monoisotopic (exact) mass is 275 g/mol. The molecular weight excluding hydrogens is 254 g/mol. The average Bonchev–Trinajstić information content (AvgIpc) is 2.79. The second kappa shape index (κ2) is 5.94. The third-order valence-electron chi connectivity index (χ3n) is 3.29. The average molecular weight is 275 g/mol. The third-order valence-corrected chi connectivity index (χ3v) is 3.29. The van der Waals surface area contributed by atoms with Gasteiger partial charge in [-0.2, -0.15) is 0 Å². The maximum Gasteiger partial charge on any atom is 0.319 e. The van der Waals surface area contributed by atoms with Gasteiger partial charge in [-0.05, 0) is 30.0 Å². The SMILES string of the molecule is CC(=O)N1CCc2ccc(NC(=O)NCC(C)C)cc21. The summed E-state index contributed by atoms with van der Waals surface area (Å²) in [5.41, 5.74) is 2.76. The number of urea groups is 1. The maximum atomic E-state index is 11.7. The van der Waals surface area contributed by atoms with E-state index >= 15 is 0 Å². The van der Waals surface area contributed by atoms with Crippen LogP contribution in [0, 0.1) is 5.92 Å². The summed E-state index contributed by atoms with van der Waals surface area (Å²) in [5, 5.41) is 5.60. The molecule has 0 radical (unpaired) electrons. The first-order valence-corrected chi connectivity index (χ1v) is 6.93. The zero-order valence-electron chi connectivity index (χ0n) is 12.2. The first kappa shape index (κ1) is 14.4. The molecular formula is C15H21N3O2. The molecule has 1 aromatic rings. The number of anilines is 2. The molecule has 20 heavy (non-hydrogen) atoms. The van der Waals surface area contributed by atoms with Crippen LogP contribution in [0.2, 0.25) is 0 Å². The van der Waals surface area contributed by atoms with Gasteiger partial charge in [0.15, 0.2) is 0 Å². The highest BCUT2D eigenvalue weighted by atomic mass is 16.2. The summed E-state index contributed by atoms with van der Waals surface area (Å²) in [7, 11) is 0. The molecule has 0 aliphatic carbocycles. The van der Waals surface area contributed by atoms with Gasteiger partial charge in [0.05, 0.1) is 0 Å². The molecule has 0 atom stereocenters. The van der Waals surface area contributed by atoms with Crippen LogP contribution in [-0.2, 0) is 11.2 Å². The van der Waals surface area contributed by atoms with E-state index in [1.165, 1.54) is 0 Å². The van der Waals surface area contributed by atoms with E-state index in [1.807, 2.05) is 32.0 Å². The molecule has 108 valence electrons. The van der Waals surface area contributed by atoms with Crippen LogP contribution < -0.4 is 15.5 Å². The van der Waals surface area contributed by atoms with Crippen molar-refractivity contribution in [1.29, 1.82) is 0 Å². The lowest BCUT2D eigenvalue weighted by Crippen LogP contribution is -2.31. The highest BCUT2D eigenvalue weighted by Crippen LogP contribution is 2.30. The molecule has 2 rings (SSSR count). The van der Waals surface area contributed by atoms with Crippen LogP contribution >= 0.6 is 0 Å². The molecule has 1 aliphatic heterocycles. The zero-order chi connectivity index (χ0) is 14.7. The first-order valence-electron chi connectivity index (χ1n) is 6.93. The molecule has 1 heterocycles. The van der Waals surface area contributed by atoms with Gasteiger partial charge in [-0.15, -0.1) is 0 Å². The van der Waals surface area contributed by atoms with Crippen LogP contribution in [0.25, 0.3) is 0 Å². The quantitative estimate of drug-likeness (QED) is 0.889. The molecule has 0 unspecified atom stereocenters. The normalized spacial score (nSPS) is 13.3. The Kier molecular flexibility index (Phi) is 4.27. The van der Waals surface area contributed by atoms with Crippen LogP contribution in [-0.4, -0.2) is 25.0 Å². The second-order valence-electron chi connectivity index (χ2n) is 5.49. The molecule has 0 spiro atoms. The van der Waals surface area contributed by atoms with Crippen molar-refractivity contribution >= 4 is 23.3 Å². The summed E-state index contributed by atoms with van der Waals surface area (Å²) in [5.74, 6) is 0.444. The minimum Gasteiger partial charge on any atom is -0.338 e. The minimum absolute atomic E-state index is 0.0326. The molecule has 1 aromatic carbocycles. The van der Waals surface area contributed by atoms with Crippen LogP contribution in [0.15, 0.2) is 18.2 Å². The minimum atomic E-state index is -0.217. The summed E-state index contributed by atoms with van der Waals surface area (Å²) in [6.07, 6.45) is 0.870. The van der Waals surface area contributed by atoms with Gasteiger partial charge in [0, 0.05) is 31.4 Å². The highest BCUT2D eigenvalue weighted by Gasteiger charge is 2.22. The molecule has 1 aliphatic rings. The fourth-order valence-electron chi connectivity index (χ4n) is 2.26. The fourth-order valence-corrected chi connectivity index (χ4v) is 2.26. The van der Waals surface area contributed by atoms with E-state index in [4.69, 9.17) is 0 Å². The summed E-state index contributed by atoms with van der Waals surface area (Å²) < 4.78 is 0. The number of nitrogens with one attached hydrogen (secondary N) is 2. The van der Waals surface area contributed by atoms with Crippen LogP contribution in [0.5, 0.6) is 0 Å². The first-order chi connectivity index (χ1) is 9.47. The molecule has 5 nitrogen and oxygen atoms in total. The molecule has 0 bridgehead atoms. The number of carbonyl (C=O) groups excluding carboxylic acids is 2. The van der Waals surface area contributed by atoms with E-state index in [2.05, 4.69) is 10.6 Å². The van der Waals surface area contributed by atoms with Crippen molar-refractivity contribution in [1.82, 2.24) is 5.32 Å². The van der Waals surface area contributed by atoms with Gasteiger partial charge in [0.25, 0.3) is 0 Å². The van der Waals surface area contributed by atoms with Crippen LogP contribution in [0.1, 0.15) is 26.3 Å². The Labute approximate surface area is 119 Å². The highest BCUT2D eigenvalue weighted by molar-refractivity contribution is 5.96. The van der Waals surface area contributed by atoms with E-state index in [9.17, 15) is 9.59 Å². The van der Waals surface area contributed by atoms with E-state index < -0.39 is 0 Å². The van der Waals surface area contributed by atoms with Gasteiger partial charge in [-0.3, -0.25) is 4.79 Å². The zero-order valence-corrected chi connectivity index (χ0v) is 12.2. The number of benzene rings is 1. The van der Waals surface area contributed by atoms with E-state index in [1.54, 1.807) is 11.8 Å². The lowest BCUT2D eigenvalue weighted by atomic mass is 10.1. The Balaban J connectivity index is 2.06. The molecule has 3 amide bonds. The van der Waals surface area contributed by atoms with Crippen LogP contribution in [0.3, 0.4) is 0 Å². The van der Waals surface area contributed by atoms with Gasteiger partial charge in [0.1, 0.15) is 0 Å². The van der Waals surface area contributed by atoms with Gasteiger partial charge in [-0.1, -0.05) is 19.9 Å². The van der Waals surface area contributed by atoms with E-state index in [0.717, 1.165) is 17.7 Å². The van der Waals surface area contributed by atoms with Gasteiger partial charge in [-0.25, -0.2) is 4.79 Å². The standard InChI is InChI=1S/C15H21N3O2/c1-10(2)9-16-15(20)17-13-5-4-12-6-7-18(11(3)19)14(12)8-13/h4-5,8,10H,6-7,9H2,1-3H3,(H2,16,17,20). The fraction of sp³-hybridized carbons (Fsp3) is 0.467. The number of carbonyl (C=O) groups is 2. The molecule has 5 heteroatoms. The van der Waals surface area contributed by atoms with Crippen LogP contribution in [0.4, 0.5) is 16.2 Å². The molecule has 0 aromatic heterocycles. The largest absolute Gasteiger partial charge is 0.338 e. The number of rotatable bonds is 3. The Morgan fingerprint density at radius 2 is 2.10 bits per heavy atom. The number of hydrogen-bond donors (Lipinski definition) is 2. The van der Waals surface area contributed by atoms with Crippen molar-refractivity contribution in [3.8, 4) is 0 Å². The smallest absolute Gasteiger partial charge is 0.319 e. The second-order valence-corrected chi connectivity index (χ2v) is 5.49. The van der Waals surface area contributed by atoms with Crippen molar-refractivity contribution in [2.45, 2.75) is 27.2 Å². The third kappa shape index (κ3) is 3.29. The number of amides is 3. The predicted molar refractivity (Wildman–Crippen MR) is 80.0 cm³/mol. The Morgan fingerprint density at radius 1 is 1.35 bits per heavy atom. The topological polar surface area (TPSA) is 61.4 Å². The van der Waals surface area contributed by atoms with Gasteiger partial charge >= 0.3 is 6.03 Å². The van der Waals surface area contributed by atoms with E-state index in [0.29, 0.717) is 24.7 Å². The predicted octanol–water partition coefficient (Wildman–Crippen LogP) is 2.37. The van der Waals surface area contributed by atoms with Crippen molar-refractivity contribution in [2.75, 3.05) is 23.3 Å². The lowest BCUT2D eigenvalue weighted by Gasteiger charge is -2.16. The molecule has 0 saturated carbocycles. The summed E-state index contributed by atoms with van der Waals surface area (Å²) >= 11 is 0. The lowest BCUT2D eigenvalue weighted by molar-refractivity contribution is -0.116. The van der Waals surface area contributed by atoms with Crippen molar-refractivity contribution < 1.29 is 9.59 Å². The van der Waals surface area contributed by atoms with Crippen molar-refractivity contribution in [3.05, 3.63) is 23.8 Å². The summed E-state index contributed by atoms with van der Waals surface area (Å²) in [6.45, 7) is 7.00. The number of nitrogens with zero attached hydrogens (tertiary/aromatic N) is 1. The van der Waals surface area contributed by atoms with Gasteiger partial charge < -0.3 is 15.5 Å². The summed E-state index contributed by atoms with van der Waals surface area (Å²) in [6, 6.07) is 5.48.